The third-order valence-electron chi connectivity index (χ3n) is 1.66. The molecule has 0 aliphatic heterocycles. The first-order chi connectivity index (χ1) is 6.07. The maximum Gasteiger partial charge on any atom is 0.253 e. The van der Waals surface area contributed by atoms with Crippen LogP contribution in [0.2, 0.25) is 0 Å². The minimum atomic E-state index is -0.312. The summed E-state index contributed by atoms with van der Waals surface area (Å²) in [6.07, 6.45) is 4.94. The van der Waals surface area contributed by atoms with Gasteiger partial charge >= 0.3 is 0 Å². The fraction of sp³-hybridized carbons (Fsp3) is 0.600. The number of carbonyl (C=O) groups excluding carboxylic acids is 2. The van der Waals surface area contributed by atoms with Gasteiger partial charge < -0.3 is 0 Å². The number of nitrogens with one attached hydrogen (secondary N) is 1. The maximum absolute atomic E-state index is 11.1. The quantitative estimate of drug-likeness (QED) is 0.533. The Labute approximate surface area is 79.2 Å². The summed E-state index contributed by atoms with van der Waals surface area (Å²) in [6, 6.07) is 0. The second-order valence-corrected chi connectivity index (χ2v) is 3.04. The lowest BCUT2D eigenvalue weighted by atomic mass is 10.2. The second-order valence-electron chi connectivity index (χ2n) is 3.04. The topological polar surface area (TPSA) is 46.2 Å². The molecule has 0 radical (unpaired) electrons. The third kappa shape index (κ3) is 6.08. The van der Waals surface area contributed by atoms with Gasteiger partial charge in [0.25, 0.3) is 5.91 Å². The zero-order valence-corrected chi connectivity index (χ0v) is 8.52. The molecular weight excluding hydrogens is 166 g/mol. The largest absolute Gasteiger partial charge is 0.293 e. The van der Waals surface area contributed by atoms with Crippen LogP contribution in [0.4, 0.5) is 0 Å². The summed E-state index contributed by atoms with van der Waals surface area (Å²) in [7, 11) is 0. The zero-order chi connectivity index (χ0) is 10.3. The molecule has 0 aromatic carbocycles. The molecule has 0 heterocycles. The van der Waals surface area contributed by atoms with E-state index in [2.05, 4.69) is 12.2 Å². The van der Waals surface area contributed by atoms with Gasteiger partial charge in [-0.2, -0.15) is 0 Å². The summed E-state index contributed by atoms with van der Waals surface area (Å²) >= 11 is 0. The lowest BCUT2D eigenvalue weighted by Crippen LogP contribution is -2.28. The van der Waals surface area contributed by atoms with Crippen LogP contribution in [0.3, 0.4) is 0 Å². The van der Waals surface area contributed by atoms with Gasteiger partial charge in [0.15, 0.2) is 0 Å². The van der Waals surface area contributed by atoms with E-state index in [0.29, 0.717) is 5.57 Å². The van der Waals surface area contributed by atoms with Crippen molar-refractivity contribution in [1.29, 1.82) is 0 Å². The first-order valence-electron chi connectivity index (χ1n) is 4.56. The van der Waals surface area contributed by atoms with Gasteiger partial charge in [-0.3, -0.25) is 14.9 Å². The molecule has 13 heavy (non-hydrogen) atoms. The number of imide groups is 1. The average Bonchev–Trinajstić information content (AvgIpc) is 2.03. The van der Waals surface area contributed by atoms with Crippen molar-refractivity contribution in [2.24, 2.45) is 0 Å². The Balaban J connectivity index is 3.93. The zero-order valence-electron chi connectivity index (χ0n) is 8.52. The summed E-state index contributed by atoms with van der Waals surface area (Å²) in [5.41, 5.74) is 0.614. The minimum absolute atomic E-state index is 0.288. The summed E-state index contributed by atoms with van der Waals surface area (Å²) in [4.78, 5) is 21.7. The number of allylic oxidation sites excluding steroid dienone is 1. The Bertz CT molecular complexity index is 219. The molecule has 0 aliphatic rings. The average molecular weight is 183 g/mol. The van der Waals surface area contributed by atoms with Crippen LogP contribution in [0, 0.1) is 0 Å². The Morgan fingerprint density at radius 2 is 1.92 bits per heavy atom. The second kappa shape index (κ2) is 6.40. The van der Waals surface area contributed by atoms with Gasteiger partial charge in [-0.1, -0.05) is 25.8 Å². The summed E-state index contributed by atoms with van der Waals surface area (Å²) in [6.45, 7) is 5.14. The van der Waals surface area contributed by atoms with Crippen molar-refractivity contribution in [3.05, 3.63) is 11.6 Å². The van der Waals surface area contributed by atoms with Crippen LogP contribution in [0.1, 0.15) is 40.0 Å². The van der Waals surface area contributed by atoms with Crippen LogP contribution in [0.15, 0.2) is 11.6 Å². The third-order valence-corrected chi connectivity index (χ3v) is 1.66. The molecule has 3 heteroatoms. The van der Waals surface area contributed by atoms with Gasteiger partial charge in [0.2, 0.25) is 5.91 Å². The van der Waals surface area contributed by atoms with Crippen LogP contribution in [0.25, 0.3) is 0 Å². The van der Waals surface area contributed by atoms with Gasteiger partial charge in [0.05, 0.1) is 0 Å². The van der Waals surface area contributed by atoms with E-state index in [4.69, 9.17) is 0 Å². The first kappa shape index (κ1) is 11.9. The van der Waals surface area contributed by atoms with E-state index < -0.39 is 0 Å². The number of carbonyl (C=O) groups is 2. The molecule has 0 aliphatic carbocycles. The molecule has 0 spiro atoms. The van der Waals surface area contributed by atoms with E-state index in [0.717, 1.165) is 19.3 Å². The molecule has 0 saturated carbocycles. The smallest absolute Gasteiger partial charge is 0.253 e. The molecule has 2 amide bonds. The lowest BCUT2D eigenvalue weighted by molar-refractivity contribution is -0.127. The maximum atomic E-state index is 11.1. The van der Waals surface area contributed by atoms with Crippen molar-refractivity contribution in [2.45, 2.75) is 40.0 Å². The molecule has 0 bridgehead atoms. The van der Waals surface area contributed by atoms with Crippen LogP contribution >= 0.6 is 0 Å². The number of hydrogen-bond acceptors (Lipinski definition) is 2. The van der Waals surface area contributed by atoms with E-state index in [-0.39, 0.29) is 11.8 Å². The van der Waals surface area contributed by atoms with Crippen molar-refractivity contribution in [3.63, 3.8) is 0 Å². The highest BCUT2D eigenvalue weighted by molar-refractivity contribution is 6.03. The number of unbranched alkanes of at least 4 members (excludes halogenated alkanes) is 2. The number of hydrogen-bond donors (Lipinski definition) is 1. The van der Waals surface area contributed by atoms with Crippen LogP contribution < -0.4 is 5.32 Å². The molecule has 1 N–H and O–H groups in total. The monoisotopic (exact) mass is 183 g/mol. The Morgan fingerprint density at radius 3 is 2.38 bits per heavy atom. The molecule has 0 aromatic rings. The highest BCUT2D eigenvalue weighted by Crippen LogP contribution is 2.00. The predicted octanol–water partition coefficient (Wildman–Crippen LogP) is 1.79. The normalized spacial score (nSPS) is 11.2. The SMILES string of the molecule is CCCC/C=C(/C)C(=O)NC(C)=O. The van der Waals surface area contributed by atoms with Crippen LogP contribution in [0.5, 0.6) is 0 Å². The number of rotatable bonds is 4. The van der Waals surface area contributed by atoms with Crippen molar-refractivity contribution in [2.75, 3.05) is 0 Å². The molecule has 0 rings (SSSR count). The molecule has 0 atom stereocenters. The fourth-order valence-electron chi connectivity index (χ4n) is 0.874. The Kier molecular flexibility index (Phi) is 5.85. The van der Waals surface area contributed by atoms with E-state index in [1.807, 2.05) is 6.08 Å². The predicted molar refractivity (Wildman–Crippen MR) is 52.1 cm³/mol. The fourth-order valence-corrected chi connectivity index (χ4v) is 0.874. The van der Waals surface area contributed by atoms with Crippen molar-refractivity contribution < 1.29 is 9.59 Å². The summed E-state index contributed by atoms with van der Waals surface area (Å²) in [5, 5.41) is 2.22. The molecule has 0 saturated heterocycles. The van der Waals surface area contributed by atoms with E-state index in [1.54, 1.807) is 6.92 Å². The standard InChI is InChI=1S/C10H17NO2/c1-4-5-6-7-8(2)10(13)11-9(3)12/h7H,4-6H2,1-3H3,(H,11,12,13)/b8-7-. The number of amides is 2. The molecule has 0 aromatic heterocycles. The highest BCUT2D eigenvalue weighted by atomic mass is 16.2. The van der Waals surface area contributed by atoms with E-state index in [1.165, 1.54) is 6.92 Å². The van der Waals surface area contributed by atoms with E-state index in [9.17, 15) is 9.59 Å². The molecular formula is C10H17NO2. The van der Waals surface area contributed by atoms with Crippen LogP contribution in [-0.4, -0.2) is 11.8 Å². The summed E-state index contributed by atoms with van der Waals surface area (Å²) < 4.78 is 0. The van der Waals surface area contributed by atoms with Gasteiger partial charge in [0, 0.05) is 12.5 Å². The van der Waals surface area contributed by atoms with Crippen molar-refractivity contribution >= 4 is 11.8 Å². The van der Waals surface area contributed by atoms with E-state index >= 15 is 0 Å². The lowest BCUT2D eigenvalue weighted by Gasteiger charge is -2.00. The van der Waals surface area contributed by atoms with Crippen LogP contribution in [-0.2, 0) is 9.59 Å². The van der Waals surface area contributed by atoms with Crippen molar-refractivity contribution in [3.8, 4) is 0 Å². The van der Waals surface area contributed by atoms with Gasteiger partial charge in [-0.05, 0) is 13.3 Å². The first-order valence-corrected chi connectivity index (χ1v) is 4.56. The Morgan fingerprint density at radius 1 is 1.31 bits per heavy atom. The molecule has 0 fully saturated rings. The molecule has 3 nitrogen and oxygen atoms in total. The van der Waals surface area contributed by atoms with Gasteiger partial charge in [0.1, 0.15) is 0 Å². The van der Waals surface area contributed by atoms with Gasteiger partial charge in [-0.15, -0.1) is 0 Å². The molecule has 74 valence electrons. The summed E-state index contributed by atoms with van der Waals surface area (Å²) in [5.74, 6) is -0.600. The van der Waals surface area contributed by atoms with Crippen molar-refractivity contribution in [1.82, 2.24) is 5.32 Å². The minimum Gasteiger partial charge on any atom is -0.293 e. The van der Waals surface area contributed by atoms with Gasteiger partial charge in [-0.25, -0.2) is 0 Å². The molecule has 0 unspecified atom stereocenters. The highest BCUT2D eigenvalue weighted by Gasteiger charge is 2.04. The Hall–Kier alpha value is -1.12.